The molecule has 0 aliphatic carbocycles. The summed E-state index contributed by atoms with van der Waals surface area (Å²) in [6.45, 7) is 9.77. The Balaban J connectivity index is 1.34. The molecule has 0 saturated carbocycles. The number of aromatic nitrogens is 1. The number of carbonyl (C=O) groups is 1. The van der Waals surface area contributed by atoms with Crippen LogP contribution in [0.3, 0.4) is 0 Å². The minimum atomic E-state index is -0.00123. The van der Waals surface area contributed by atoms with Gasteiger partial charge in [-0.05, 0) is 38.0 Å². The van der Waals surface area contributed by atoms with Gasteiger partial charge in [-0.15, -0.1) is 0 Å². The molecule has 1 aromatic carbocycles. The smallest absolute Gasteiger partial charge is 0.255 e. The lowest BCUT2D eigenvalue weighted by Gasteiger charge is -2.38. The average Bonchev–Trinajstić information content (AvgIpc) is 3.14. The largest absolute Gasteiger partial charge is 0.397 e. The quantitative estimate of drug-likeness (QED) is 0.320. The predicted molar refractivity (Wildman–Crippen MR) is 150 cm³/mol. The number of fused-ring (bicyclic) bond motifs is 2. The number of pyridine rings is 1. The summed E-state index contributed by atoms with van der Waals surface area (Å²) in [6, 6.07) is 6.64. The number of nitrogens with one attached hydrogen (secondary N) is 3. The van der Waals surface area contributed by atoms with Crippen LogP contribution >= 0.6 is 15.9 Å². The Morgan fingerprint density at radius 1 is 1.22 bits per heavy atom. The lowest BCUT2D eigenvalue weighted by atomic mass is 10.0. The van der Waals surface area contributed by atoms with E-state index in [9.17, 15) is 4.79 Å². The lowest BCUT2D eigenvalue weighted by molar-refractivity contribution is 0.0714. The van der Waals surface area contributed by atoms with Crippen LogP contribution in [-0.4, -0.2) is 72.0 Å². The molecule has 1 aromatic heterocycles. The van der Waals surface area contributed by atoms with Crippen LogP contribution in [0.25, 0.3) is 5.70 Å². The third-order valence-corrected chi connectivity index (χ3v) is 7.86. The highest BCUT2D eigenvalue weighted by Gasteiger charge is 2.33. The number of likely N-dealkylation sites (tertiary alicyclic amines) is 1. The van der Waals surface area contributed by atoms with Crippen LogP contribution in [0.15, 0.2) is 53.3 Å². The Morgan fingerprint density at radius 2 is 2.06 bits per heavy atom. The highest BCUT2D eigenvalue weighted by Crippen LogP contribution is 2.37. The first-order valence-electron chi connectivity index (χ1n) is 12.5. The van der Waals surface area contributed by atoms with Gasteiger partial charge < -0.3 is 31.5 Å². The van der Waals surface area contributed by atoms with Crippen molar-refractivity contribution in [2.45, 2.75) is 37.9 Å². The first kappa shape index (κ1) is 24.6. The molecule has 3 aliphatic rings. The van der Waals surface area contributed by atoms with Gasteiger partial charge in [-0.1, -0.05) is 34.2 Å². The van der Waals surface area contributed by atoms with Gasteiger partial charge in [0.2, 0.25) is 0 Å². The fourth-order valence-corrected chi connectivity index (χ4v) is 5.95. The molecule has 0 spiro atoms. The van der Waals surface area contributed by atoms with Crippen LogP contribution in [0, 0.1) is 0 Å². The van der Waals surface area contributed by atoms with E-state index in [0.717, 1.165) is 59.6 Å². The zero-order chi connectivity index (χ0) is 25.4. The van der Waals surface area contributed by atoms with Crippen molar-refractivity contribution >= 4 is 44.6 Å². The maximum Gasteiger partial charge on any atom is 0.255 e. The van der Waals surface area contributed by atoms with Crippen LogP contribution < -0.4 is 21.7 Å². The number of amides is 1. The Morgan fingerprint density at radius 3 is 2.83 bits per heavy atom. The molecule has 3 atom stereocenters. The molecule has 0 radical (unpaired) electrons. The van der Waals surface area contributed by atoms with E-state index in [1.807, 2.05) is 24.1 Å². The normalized spacial score (nSPS) is 23.3. The number of halogens is 1. The molecule has 5 rings (SSSR count). The summed E-state index contributed by atoms with van der Waals surface area (Å²) in [4.78, 5) is 21.7. The number of hydrogen-bond acceptors (Lipinski definition) is 7. The van der Waals surface area contributed by atoms with E-state index in [2.05, 4.69) is 67.4 Å². The number of piperazine rings is 1. The topological polar surface area (TPSA) is 98.5 Å². The number of nitrogen functional groups attached to an aromatic ring is 1. The summed E-state index contributed by atoms with van der Waals surface area (Å²) in [5.41, 5.74) is 12.9. The summed E-state index contributed by atoms with van der Waals surface area (Å²) < 4.78 is 0.923. The third-order valence-electron chi connectivity index (χ3n) is 7.41. The molecule has 8 nitrogen and oxygen atoms in total. The molecule has 2 fully saturated rings. The molecule has 4 heterocycles. The van der Waals surface area contributed by atoms with E-state index in [4.69, 9.17) is 5.73 Å². The van der Waals surface area contributed by atoms with Crippen LogP contribution in [0.4, 0.5) is 17.1 Å². The SMILES string of the molecule is C=C(c1cc(Br)cc(N)c1N[C@@H]1CCCN(C(=O)c2cncc(NC)c2)C1)N1CC2C=C(C)C(C1)N2. The average molecular weight is 553 g/mol. The second-order valence-corrected chi connectivity index (χ2v) is 10.9. The molecule has 2 saturated heterocycles. The minimum absolute atomic E-state index is 0.00123. The zero-order valence-electron chi connectivity index (χ0n) is 20.9. The highest BCUT2D eigenvalue weighted by atomic mass is 79.9. The van der Waals surface area contributed by atoms with E-state index in [1.165, 1.54) is 5.57 Å². The number of nitrogens with zero attached hydrogens (tertiary/aromatic N) is 3. The first-order valence-corrected chi connectivity index (χ1v) is 13.3. The zero-order valence-corrected chi connectivity index (χ0v) is 22.4. The second kappa shape index (κ2) is 10.1. The van der Waals surface area contributed by atoms with Crippen molar-refractivity contribution in [1.29, 1.82) is 0 Å². The van der Waals surface area contributed by atoms with Crippen molar-refractivity contribution in [2.24, 2.45) is 0 Å². The maximum absolute atomic E-state index is 13.2. The number of nitrogens with two attached hydrogens (primary N) is 1. The number of anilines is 3. The van der Waals surface area contributed by atoms with Crippen molar-refractivity contribution in [3.8, 4) is 0 Å². The van der Waals surface area contributed by atoms with Gasteiger partial charge in [0.25, 0.3) is 5.91 Å². The first-order chi connectivity index (χ1) is 17.3. The second-order valence-electron chi connectivity index (χ2n) is 9.95. The van der Waals surface area contributed by atoms with Crippen molar-refractivity contribution in [3.63, 3.8) is 0 Å². The van der Waals surface area contributed by atoms with Crippen LogP contribution in [0.5, 0.6) is 0 Å². The van der Waals surface area contributed by atoms with Gasteiger partial charge in [0.1, 0.15) is 0 Å². The number of hydrogen-bond donors (Lipinski definition) is 4. The van der Waals surface area contributed by atoms with Gasteiger partial charge >= 0.3 is 0 Å². The van der Waals surface area contributed by atoms with Crippen molar-refractivity contribution in [1.82, 2.24) is 20.1 Å². The molecule has 2 aromatic rings. The maximum atomic E-state index is 13.2. The summed E-state index contributed by atoms with van der Waals surface area (Å²) in [5, 5.41) is 10.4. The standard InChI is InChI=1S/C27H34BrN7O/c1-16-7-22-14-35(15-25(16)32-22)17(2)23-9-19(28)10-24(29)26(23)33-20-5-4-6-34(13-20)27(36)18-8-21(30-3)12-31-11-18/h7-12,20,22,25,30,32-33H,2,4-6,13-15,29H2,1,3H3/t20-,22?,25?/m1/s1. The molecule has 5 N–H and O–H groups in total. The van der Waals surface area contributed by atoms with Gasteiger partial charge in [-0.25, -0.2) is 0 Å². The van der Waals surface area contributed by atoms with Crippen molar-refractivity contribution < 1.29 is 4.79 Å². The van der Waals surface area contributed by atoms with E-state index in [0.29, 0.717) is 29.9 Å². The van der Waals surface area contributed by atoms with Gasteiger partial charge in [-0.3, -0.25) is 9.78 Å². The number of rotatable bonds is 6. The van der Waals surface area contributed by atoms with E-state index in [-0.39, 0.29) is 11.9 Å². The summed E-state index contributed by atoms with van der Waals surface area (Å²) >= 11 is 3.62. The van der Waals surface area contributed by atoms with E-state index < -0.39 is 0 Å². The van der Waals surface area contributed by atoms with Gasteiger partial charge in [-0.2, -0.15) is 0 Å². The van der Waals surface area contributed by atoms with Crippen molar-refractivity contribution in [3.05, 3.63) is 64.4 Å². The predicted octanol–water partition coefficient (Wildman–Crippen LogP) is 3.76. The summed E-state index contributed by atoms with van der Waals surface area (Å²) in [6.07, 6.45) is 7.54. The molecule has 1 amide bonds. The third kappa shape index (κ3) is 4.95. The summed E-state index contributed by atoms with van der Waals surface area (Å²) in [7, 11) is 1.82. The molecule has 9 heteroatoms. The van der Waals surface area contributed by atoms with Crippen LogP contribution in [0.1, 0.15) is 35.7 Å². The molecule has 36 heavy (non-hydrogen) atoms. The Bertz CT molecular complexity index is 1210. The summed E-state index contributed by atoms with van der Waals surface area (Å²) in [5.74, 6) is -0.00123. The van der Waals surface area contributed by atoms with Gasteiger partial charge in [0.05, 0.1) is 22.6 Å². The van der Waals surface area contributed by atoms with Crippen LogP contribution in [0.2, 0.25) is 0 Å². The van der Waals surface area contributed by atoms with Crippen LogP contribution in [-0.2, 0) is 0 Å². The number of benzene rings is 1. The van der Waals surface area contributed by atoms with E-state index >= 15 is 0 Å². The Hall–Kier alpha value is -3.04. The lowest BCUT2D eigenvalue weighted by Crippen LogP contribution is -2.51. The highest BCUT2D eigenvalue weighted by molar-refractivity contribution is 9.10. The fraction of sp³-hybridized carbons (Fsp3) is 0.407. The minimum Gasteiger partial charge on any atom is -0.397 e. The number of piperidine rings is 1. The van der Waals surface area contributed by atoms with Crippen molar-refractivity contribution in [2.75, 3.05) is 49.6 Å². The van der Waals surface area contributed by atoms with E-state index in [1.54, 1.807) is 12.4 Å². The fourth-order valence-electron chi connectivity index (χ4n) is 5.47. The van der Waals surface area contributed by atoms with Gasteiger partial charge in [0.15, 0.2) is 0 Å². The number of carbonyl (C=O) groups excluding carboxylic acids is 1. The Kier molecular flexibility index (Phi) is 6.94. The monoisotopic (exact) mass is 551 g/mol. The molecular formula is C27H34BrN7O. The molecule has 190 valence electrons. The van der Waals surface area contributed by atoms with Gasteiger partial charge in [0, 0.05) is 79.5 Å². The molecule has 2 unspecified atom stereocenters. The molecule has 2 bridgehead atoms. The Labute approximate surface area is 221 Å². The molecular weight excluding hydrogens is 518 g/mol. The molecule has 3 aliphatic heterocycles.